The molecule has 2 N–H and O–H groups in total. The molecule has 2 fully saturated rings. The molecule has 0 saturated carbocycles. The number of rotatable bonds is 4. The van der Waals surface area contributed by atoms with Crippen LogP contribution >= 0.6 is 0 Å². The van der Waals surface area contributed by atoms with E-state index in [9.17, 15) is 14.0 Å². The lowest BCUT2D eigenvalue weighted by Gasteiger charge is -2.36. The van der Waals surface area contributed by atoms with Gasteiger partial charge in [-0.15, -0.1) is 0 Å². The lowest BCUT2D eigenvalue weighted by atomic mass is 9.73. The Morgan fingerprint density at radius 2 is 1.97 bits per heavy atom. The van der Waals surface area contributed by atoms with Crippen molar-refractivity contribution in [1.82, 2.24) is 4.90 Å². The topological polar surface area (TPSA) is 81.9 Å². The molecule has 2 aliphatic rings. The van der Waals surface area contributed by atoms with Gasteiger partial charge in [0.1, 0.15) is 18.0 Å². The maximum atomic E-state index is 14.9. The molecule has 0 unspecified atom stereocenters. The predicted octanol–water partition coefficient (Wildman–Crippen LogP) is 3.20. The SMILES string of the molecule is CCOC(=O)[C@@H]1[C@@H](C(C)(C)C)[C@H](N)[C@H](c2ccccc2F)N1C(=O)[C@H]1CCCCO1. The molecule has 0 spiro atoms. The summed E-state index contributed by atoms with van der Waals surface area (Å²) >= 11 is 0. The van der Waals surface area contributed by atoms with Gasteiger partial charge in [-0.25, -0.2) is 9.18 Å². The molecular weight excluding hydrogens is 387 g/mol. The first-order valence-corrected chi connectivity index (χ1v) is 10.8. The van der Waals surface area contributed by atoms with Crippen molar-refractivity contribution >= 4 is 11.9 Å². The minimum atomic E-state index is -0.900. The van der Waals surface area contributed by atoms with Gasteiger partial charge >= 0.3 is 5.97 Å². The van der Waals surface area contributed by atoms with Gasteiger partial charge in [0, 0.05) is 24.1 Å². The zero-order chi connectivity index (χ0) is 22.1. The number of esters is 1. The van der Waals surface area contributed by atoms with Crippen molar-refractivity contribution in [3.05, 3.63) is 35.6 Å². The lowest BCUT2D eigenvalue weighted by Crippen LogP contribution is -2.51. The molecule has 5 atom stereocenters. The average Bonchev–Trinajstić information content (AvgIpc) is 3.02. The first kappa shape index (κ1) is 22.7. The second kappa shape index (κ2) is 9.02. The standard InChI is InChI=1S/C23H33FN2O4/c1-5-29-22(28)20-17(23(2,3)4)18(25)19(14-10-6-7-11-15(14)24)26(20)21(27)16-12-8-9-13-30-16/h6-7,10-11,16-20H,5,8-9,12-13,25H2,1-4H3/t16-,17+,18+,19+,20+/m1/s1. The van der Waals surface area contributed by atoms with Crippen molar-refractivity contribution < 1.29 is 23.5 Å². The molecule has 0 aliphatic carbocycles. The summed E-state index contributed by atoms with van der Waals surface area (Å²) in [6.07, 6.45) is 1.68. The largest absolute Gasteiger partial charge is 0.464 e. The summed E-state index contributed by atoms with van der Waals surface area (Å²) in [7, 11) is 0. The molecule has 1 aromatic rings. The van der Waals surface area contributed by atoms with Crippen LogP contribution in [0.1, 0.15) is 58.6 Å². The third-order valence-electron chi connectivity index (χ3n) is 6.18. The van der Waals surface area contributed by atoms with E-state index in [0.717, 1.165) is 12.8 Å². The number of hydrogen-bond acceptors (Lipinski definition) is 5. The Balaban J connectivity index is 2.13. The van der Waals surface area contributed by atoms with Crippen molar-refractivity contribution in [1.29, 1.82) is 0 Å². The number of amides is 1. The van der Waals surface area contributed by atoms with Crippen LogP contribution in [-0.4, -0.2) is 48.2 Å². The minimum Gasteiger partial charge on any atom is -0.464 e. The predicted molar refractivity (Wildman–Crippen MR) is 111 cm³/mol. The second-order valence-electron chi connectivity index (χ2n) is 9.23. The lowest BCUT2D eigenvalue weighted by molar-refractivity contribution is -0.162. The first-order valence-electron chi connectivity index (χ1n) is 10.8. The minimum absolute atomic E-state index is 0.188. The Bertz CT molecular complexity index is 773. The van der Waals surface area contributed by atoms with Gasteiger partial charge in [0.05, 0.1) is 12.6 Å². The molecule has 0 bridgehead atoms. The van der Waals surface area contributed by atoms with Crippen molar-refractivity contribution in [2.75, 3.05) is 13.2 Å². The van der Waals surface area contributed by atoms with Crippen LogP contribution in [0.5, 0.6) is 0 Å². The van der Waals surface area contributed by atoms with Gasteiger partial charge in [-0.1, -0.05) is 39.0 Å². The Hall–Kier alpha value is -1.99. The van der Waals surface area contributed by atoms with Crippen molar-refractivity contribution in [2.24, 2.45) is 17.1 Å². The summed E-state index contributed by atoms with van der Waals surface area (Å²) in [5.74, 6) is -1.68. The number of carbonyl (C=O) groups is 2. The third-order valence-corrected chi connectivity index (χ3v) is 6.18. The molecule has 30 heavy (non-hydrogen) atoms. The monoisotopic (exact) mass is 420 g/mol. The highest BCUT2D eigenvalue weighted by atomic mass is 19.1. The third kappa shape index (κ3) is 4.23. The normalized spacial score (nSPS) is 29.7. The highest BCUT2D eigenvalue weighted by Gasteiger charge is 2.58. The van der Waals surface area contributed by atoms with Gasteiger partial charge < -0.3 is 20.1 Å². The van der Waals surface area contributed by atoms with Crippen LogP contribution in [0.25, 0.3) is 0 Å². The van der Waals surface area contributed by atoms with Gasteiger partial charge in [0.25, 0.3) is 5.91 Å². The van der Waals surface area contributed by atoms with Gasteiger partial charge in [0.15, 0.2) is 0 Å². The summed E-state index contributed by atoms with van der Waals surface area (Å²) < 4.78 is 25.9. The number of hydrogen-bond donors (Lipinski definition) is 1. The van der Waals surface area contributed by atoms with Crippen LogP contribution in [0.15, 0.2) is 24.3 Å². The summed E-state index contributed by atoms with van der Waals surface area (Å²) in [5, 5.41) is 0. The summed E-state index contributed by atoms with van der Waals surface area (Å²) in [6, 6.07) is 3.99. The number of ether oxygens (including phenoxy) is 2. The van der Waals surface area contributed by atoms with E-state index in [-0.39, 0.29) is 12.5 Å². The molecular formula is C23H33FN2O4. The molecule has 7 heteroatoms. The Morgan fingerprint density at radius 3 is 2.53 bits per heavy atom. The van der Waals surface area contributed by atoms with E-state index in [4.69, 9.17) is 15.2 Å². The molecule has 0 radical (unpaired) electrons. The van der Waals surface area contributed by atoms with Crippen molar-refractivity contribution in [3.8, 4) is 0 Å². The van der Waals surface area contributed by atoms with Crippen LogP contribution < -0.4 is 5.73 Å². The molecule has 0 aromatic heterocycles. The summed E-state index contributed by atoms with van der Waals surface area (Å²) in [6.45, 7) is 8.35. The first-order chi connectivity index (χ1) is 14.2. The number of nitrogens with zero attached hydrogens (tertiary/aromatic N) is 1. The molecule has 2 saturated heterocycles. The van der Waals surface area contributed by atoms with Crippen molar-refractivity contribution in [2.45, 2.75) is 71.2 Å². The second-order valence-corrected chi connectivity index (χ2v) is 9.23. The highest BCUT2D eigenvalue weighted by Crippen LogP contribution is 2.48. The zero-order valence-electron chi connectivity index (χ0n) is 18.3. The van der Waals surface area contributed by atoms with E-state index in [0.29, 0.717) is 18.6 Å². The highest BCUT2D eigenvalue weighted by molar-refractivity contribution is 5.89. The average molecular weight is 421 g/mol. The van der Waals surface area contributed by atoms with E-state index in [2.05, 4.69) is 0 Å². The Kier molecular flexibility index (Phi) is 6.82. The van der Waals surface area contributed by atoms with E-state index >= 15 is 0 Å². The molecule has 166 valence electrons. The zero-order valence-corrected chi connectivity index (χ0v) is 18.3. The van der Waals surface area contributed by atoms with Crippen LogP contribution in [0.4, 0.5) is 4.39 Å². The van der Waals surface area contributed by atoms with Gasteiger partial charge in [-0.2, -0.15) is 0 Å². The van der Waals surface area contributed by atoms with E-state index < -0.39 is 47.3 Å². The smallest absolute Gasteiger partial charge is 0.329 e. The number of halogens is 1. The van der Waals surface area contributed by atoms with E-state index in [1.165, 1.54) is 11.0 Å². The van der Waals surface area contributed by atoms with Crippen LogP contribution in [0, 0.1) is 17.2 Å². The number of benzene rings is 1. The fourth-order valence-corrected chi connectivity index (χ4v) is 4.93. The Morgan fingerprint density at radius 1 is 1.27 bits per heavy atom. The molecule has 1 aromatic carbocycles. The fraction of sp³-hybridized carbons (Fsp3) is 0.652. The molecule has 6 nitrogen and oxygen atoms in total. The van der Waals surface area contributed by atoms with Crippen LogP contribution in [0.2, 0.25) is 0 Å². The molecule has 2 aliphatic heterocycles. The fourth-order valence-electron chi connectivity index (χ4n) is 4.93. The van der Waals surface area contributed by atoms with Gasteiger partial charge in [0.2, 0.25) is 0 Å². The quantitative estimate of drug-likeness (QED) is 0.757. The van der Waals surface area contributed by atoms with E-state index in [1.807, 2.05) is 20.8 Å². The number of nitrogens with two attached hydrogens (primary N) is 1. The molecule has 1 amide bonds. The van der Waals surface area contributed by atoms with E-state index in [1.54, 1.807) is 25.1 Å². The van der Waals surface area contributed by atoms with Crippen LogP contribution in [0.3, 0.4) is 0 Å². The van der Waals surface area contributed by atoms with Crippen molar-refractivity contribution in [3.63, 3.8) is 0 Å². The maximum Gasteiger partial charge on any atom is 0.329 e. The number of likely N-dealkylation sites (tertiary alicyclic amines) is 1. The summed E-state index contributed by atoms with van der Waals surface area (Å²) in [5.41, 5.74) is 6.58. The number of carbonyl (C=O) groups excluding carboxylic acids is 2. The van der Waals surface area contributed by atoms with Gasteiger partial charge in [-0.3, -0.25) is 4.79 Å². The Labute approximate surface area is 177 Å². The molecule has 3 rings (SSSR count). The maximum absolute atomic E-state index is 14.9. The summed E-state index contributed by atoms with van der Waals surface area (Å²) in [4.78, 5) is 28.2. The van der Waals surface area contributed by atoms with Gasteiger partial charge in [-0.05, 0) is 37.7 Å². The van der Waals surface area contributed by atoms with Crippen LogP contribution in [-0.2, 0) is 19.1 Å². The molecule has 2 heterocycles.